The first-order valence-electron chi connectivity index (χ1n) is 8.16. The van der Waals surface area contributed by atoms with Gasteiger partial charge in [-0.25, -0.2) is 4.98 Å². The molecule has 0 spiro atoms. The summed E-state index contributed by atoms with van der Waals surface area (Å²) in [5, 5.41) is 3.95. The summed E-state index contributed by atoms with van der Waals surface area (Å²) in [6.07, 6.45) is 4.49. The van der Waals surface area contributed by atoms with E-state index in [1.807, 2.05) is 19.9 Å². The van der Waals surface area contributed by atoms with E-state index in [0.717, 1.165) is 5.76 Å². The van der Waals surface area contributed by atoms with Crippen LogP contribution in [0.15, 0.2) is 46.1 Å². The van der Waals surface area contributed by atoms with E-state index in [2.05, 4.69) is 20.1 Å². The van der Waals surface area contributed by atoms with Crippen LogP contribution >= 0.6 is 0 Å². The number of hydrogen-bond donors (Lipinski definition) is 1. The molecular formula is C18H19N5O3. The molecule has 1 amide bonds. The first-order valence-corrected chi connectivity index (χ1v) is 8.16. The molecule has 0 aliphatic carbocycles. The molecular weight excluding hydrogens is 334 g/mol. The smallest absolute Gasteiger partial charge is 0.264 e. The summed E-state index contributed by atoms with van der Waals surface area (Å²) in [4.78, 5) is 37.0. The maximum atomic E-state index is 12.6. The number of aromatic nitrogens is 4. The van der Waals surface area contributed by atoms with Gasteiger partial charge in [-0.15, -0.1) is 0 Å². The standard InChI is InChI=1S/C18H19N5O3/c1-11(2)15-7-13(22-26-15)10-23(3)18(25)14-9-20-16(21-17(14)24)12-5-4-6-19-8-12/h4-9,11H,10H2,1-3H3,(H,20,21,24). The van der Waals surface area contributed by atoms with E-state index in [9.17, 15) is 9.59 Å². The summed E-state index contributed by atoms with van der Waals surface area (Å²) in [5.74, 6) is 0.886. The van der Waals surface area contributed by atoms with Gasteiger partial charge < -0.3 is 14.4 Å². The average molecular weight is 353 g/mol. The Morgan fingerprint density at radius 2 is 2.15 bits per heavy atom. The zero-order valence-electron chi connectivity index (χ0n) is 14.8. The first-order chi connectivity index (χ1) is 12.5. The second kappa shape index (κ2) is 7.30. The third-order valence-electron chi connectivity index (χ3n) is 3.86. The maximum absolute atomic E-state index is 12.6. The van der Waals surface area contributed by atoms with Crippen molar-refractivity contribution in [3.05, 3.63) is 64.2 Å². The lowest BCUT2D eigenvalue weighted by Gasteiger charge is -2.15. The number of nitrogens with one attached hydrogen (secondary N) is 1. The highest BCUT2D eigenvalue weighted by atomic mass is 16.5. The number of carbonyl (C=O) groups is 1. The van der Waals surface area contributed by atoms with Crippen LogP contribution in [-0.2, 0) is 6.54 Å². The third-order valence-corrected chi connectivity index (χ3v) is 3.86. The lowest BCUT2D eigenvalue weighted by Crippen LogP contribution is -2.31. The van der Waals surface area contributed by atoms with Crippen LogP contribution in [-0.4, -0.2) is 38.0 Å². The van der Waals surface area contributed by atoms with Crippen molar-refractivity contribution in [2.45, 2.75) is 26.3 Å². The largest absolute Gasteiger partial charge is 0.361 e. The predicted octanol–water partition coefficient (Wildman–Crippen LogP) is 2.22. The first kappa shape index (κ1) is 17.5. The van der Waals surface area contributed by atoms with Crippen LogP contribution in [0.3, 0.4) is 0 Å². The molecule has 8 nitrogen and oxygen atoms in total. The van der Waals surface area contributed by atoms with Crippen LogP contribution in [0.5, 0.6) is 0 Å². The van der Waals surface area contributed by atoms with Gasteiger partial charge in [0.1, 0.15) is 22.8 Å². The average Bonchev–Trinajstić information content (AvgIpc) is 3.10. The topological polar surface area (TPSA) is 105 Å². The van der Waals surface area contributed by atoms with Crippen molar-refractivity contribution in [1.29, 1.82) is 0 Å². The Balaban J connectivity index is 1.77. The Hall–Kier alpha value is -3.29. The zero-order valence-corrected chi connectivity index (χ0v) is 14.8. The van der Waals surface area contributed by atoms with E-state index in [1.54, 1.807) is 31.6 Å². The number of pyridine rings is 1. The molecule has 3 aromatic heterocycles. The van der Waals surface area contributed by atoms with Crippen molar-refractivity contribution in [3.63, 3.8) is 0 Å². The lowest BCUT2D eigenvalue weighted by molar-refractivity contribution is 0.0780. The normalized spacial score (nSPS) is 10.9. The van der Waals surface area contributed by atoms with Crippen LogP contribution in [0.25, 0.3) is 11.4 Å². The van der Waals surface area contributed by atoms with Gasteiger partial charge in [-0.3, -0.25) is 14.6 Å². The van der Waals surface area contributed by atoms with E-state index in [4.69, 9.17) is 4.52 Å². The van der Waals surface area contributed by atoms with Crippen molar-refractivity contribution in [3.8, 4) is 11.4 Å². The van der Waals surface area contributed by atoms with Crippen LogP contribution < -0.4 is 5.56 Å². The quantitative estimate of drug-likeness (QED) is 0.754. The monoisotopic (exact) mass is 353 g/mol. The third kappa shape index (κ3) is 3.69. The minimum absolute atomic E-state index is 0.0345. The Morgan fingerprint density at radius 1 is 1.35 bits per heavy atom. The summed E-state index contributed by atoms with van der Waals surface area (Å²) in [6, 6.07) is 5.32. The molecule has 0 saturated heterocycles. The van der Waals surface area contributed by atoms with Gasteiger partial charge in [0.25, 0.3) is 11.5 Å². The molecule has 3 heterocycles. The van der Waals surface area contributed by atoms with Crippen molar-refractivity contribution < 1.29 is 9.32 Å². The fourth-order valence-corrected chi connectivity index (χ4v) is 2.39. The van der Waals surface area contributed by atoms with Gasteiger partial charge in [0.2, 0.25) is 0 Å². The molecule has 0 atom stereocenters. The molecule has 0 aromatic carbocycles. The molecule has 0 saturated carbocycles. The molecule has 3 aromatic rings. The molecule has 0 aliphatic heterocycles. The number of hydrogen-bond acceptors (Lipinski definition) is 6. The molecule has 0 unspecified atom stereocenters. The molecule has 0 radical (unpaired) electrons. The number of carbonyl (C=O) groups excluding carboxylic acids is 1. The summed E-state index contributed by atoms with van der Waals surface area (Å²) in [6.45, 7) is 4.22. The lowest BCUT2D eigenvalue weighted by atomic mass is 10.1. The number of aromatic amines is 1. The van der Waals surface area contributed by atoms with Gasteiger partial charge >= 0.3 is 0 Å². The Kier molecular flexibility index (Phi) is 4.92. The maximum Gasteiger partial charge on any atom is 0.264 e. The van der Waals surface area contributed by atoms with Gasteiger partial charge in [-0.05, 0) is 12.1 Å². The van der Waals surface area contributed by atoms with Crippen molar-refractivity contribution in [1.82, 2.24) is 25.0 Å². The molecule has 0 aliphatic rings. The summed E-state index contributed by atoms with van der Waals surface area (Å²) in [5.41, 5.74) is 0.758. The number of amides is 1. The molecule has 26 heavy (non-hydrogen) atoms. The van der Waals surface area contributed by atoms with E-state index >= 15 is 0 Å². The summed E-state index contributed by atoms with van der Waals surface area (Å²) in [7, 11) is 1.60. The molecule has 8 heteroatoms. The molecule has 1 N–H and O–H groups in total. The van der Waals surface area contributed by atoms with Crippen molar-refractivity contribution >= 4 is 5.91 Å². The van der Waals surface area contributed by atoms with Gasteiger partial charge in [0, 0.05) is 43.2 Å². The second-order valence-electron chi connectivity index (χ2n) is 6.25. The van der Waals surface area contributed by atoms with Crippen molar-refractivity contribution in [2.24, 2.45) is 0 Å². The molecule has 134 valence electrons. The van der Waals surface area contributed by atoms with E-state index in [-0.39, 0.29) is 18.0 Å². The summed E-state index contributed by atoms with van der Waals surface area (Å²) < 4.78 is 5.23. The fourth-order valence-electron chi connectivity index (χ4n) is 2.39. The highest BCUT2D eigenvalue weighted by molar-refractivity contribution is 5.93. The molecule has 0 bridgehead atoms. The van der Waals surface area contributed by atoms with E-state index in [0.29, 0.717) is 17.1 Å². The van der Waals surface area contributed by atoms with Gasteiger partial charge in [-0.2, -0.15) is 0 Å². The van der Waals surface area contributed by atoms with Crippen LogP contribution in [0.2, 0.25) is 0 Å². The molecule has 3 rings (SSSR count). The number of rotatable bonds is 5. The minimum atomic E-state index is -0.501. The van der Waals surface area contributed by atoms with Crippen LogP contribution in [0.4, 0.5) is 0 Å². The minimum Gasteiger partial charge on any atom is -0.361 e. The molecule has 0 fully saturated rings. The van der Waals surface area contributed by atoms with E-state index < -0.39 is 11.5 Å². The Morgan fingerprint density at radius 3 is 2.77 bits per heavy atom. The van der Waals surface area contributed by atoms with Gasteiger partial charge in [0.05, 0.1) is 6.54 Å². The van der Waals surface area contributed by atoms with Gasteiger partial charge in [0.15, 0.2) is 0 Å². The van der Waals surface area contributed by atoms with E-state index in [1.165, 1.54) is 11.1 Å². The Bertz CT molecular complexity index is 962. The highest BCUT2D eigenvalue weighted by Gasteiger charge is 2.19. The van der Waals surface area contributed by atoms with Crippen LogP contribution in [0.1, 0.15) is 41.6 Å². The van der Waals surface area contributed by atoms with Crippen molar-refractivity contribution in [2.75, 3.05) is 7.05 Å². The summed E-state index contributed by atoms with van der Waals surface area (Å²) >= 11 is 0. The predicted molar refractivity (Wildman–Crippen MR) is 94.5 cm³/mol. The second-order valence-corrected chi connectivity index (χ2v) is 6.25. The fraction of sp³-hybridized carbons (Fsp3) is 0.278. The highest BCUT2D eigenvalue weighted by Crippen LogP contribution is 2.16. The Labute approximate surface area is 149 Å². The zero-order chi connectivity index (χ0) is 18.7. The van der Waals surface area contributed by atoms with Crippen LogP contribution in [0, 0.1) is 0 Å². The number of nitrogens with zero attached hydrogens (tertiary/aromatic N) is 4. The number of H-pyrrole nitrogens is 1. The van der Waals surface area contributed by atoms with Gasteiger partial charge in [-0.1, -0.05) is 19.0 Å². The SMILES string of the molecule is CC(C)c1cc(CN(C)C(=O)c2cnc(-c3cccnc3)[nH]c2=O)no1.